The number of hydrogen-bond donors (Lipinski definition) is 2. The maximum absolute atomic E-state index is 10.0. The van der Waals surface area contributed by atoms with Gasteiger partial charge in [0, 0.05) is 17.6 Å². The second kappa shape index (κ2) is 8.18. The van der Waals surface area contributed by atoms with Crippen molar-refractivity contribution in [3.63, 3.8) is 0 Å². The summed E-state index contributed by atoms with van der Waals surface area (Å²) in [5, 5.41) is 14.0. The third-order valence-corrected chi connectivity index (χ3v) is 3.96. The summed E-state index contributed by atoms with van der Waals surface area (Å²) in [4.78, 5) is 0. The van der Waals surface area contributed by atoms with Crippen LogP contribution in [0.25, 0.3) is 0 Å². The normalized spacial score (nSPS) is 13.6. The maximum Gasteiger partial charge on any atom is 0.119 e. The average Bonchev–Trinajstić information content (AvgIpc) is 2.54. The minimum Gasteiger partial charge on any atom is -0.491 e. The molecular weight excluding hydrogens is 298 g/mol. The van der Waals surface area contributed by atoms with Crippen molar-refractivity contribution in [2.24, 2.45) is 0 Å². The van der Waals surface area contributed by atoms with Gasteiger partial charge >= 0.3 is 0 Å². The Bertz CT molecular complexity index is 589. The van der Waals surface area contributed by atoms with Gasteiger partial charge in [-0.1, -0.05) is 41.9 Å². The van der Waals surface area contributed by atoms with Crippen LogP contribution in [0.1, 0.15) is 24.1 Å². The molecule has 2 N–H and O–H groups in total. The largest absolute Gasteiger partial charge is 0.491 e. The van der Waals surface area contributed by atoms with Gasteiger partial charge < -0.3 is 15.2 Å². The molecule has 0 amide bonds. The second-order valence-electron chi connectivity index (χ2n) is 5.42. The van der Waals surface area contributed by atoms with E-state index in [0.717, 1.165) is 11.3 Å². The first-order chi connectivity index (χ1) is 10.6. The molecule has 0 aliphatic heterocycles. The lowest BCUT2D eigenvalue weighted by atomic mass is 10.1. The van der Waals surface area contributed by atoms with E-state index < -0.39 is 6.10 Å². The average molecular weight is 320 g/mol. The molecule has 118 valence electrons. The Balaban J connectivity index is 1.76. The van der Waals surface area contributed by atoms with E-state index in [0.29, 0.717) is 11.6 Å². The number of rotatable bonds is 7. The summed E-state index contributed by atoms with van der Waals surface area (Å²) < 4.78 is 5.59. The third-order valence-electron chi connectivity index (χ3n) is 3.53. The minimum atomic E-state index is -0.567. The van der Waals surface area contributed by atoms with Gasteiger partial charge in [0.2, 0.25) is 0 Å². The Hall–Kier alpha value is -1.55. The monoisotopic (exact) mass is 319 g/mol. The number of hydrogen-bond acceptors (Lipinski definition) is 3. The molecule has 4 heteroatoms. The first-order valence-corrected chi connectivity index (χ1v) is 7.79. The predicted octanol–water partition coefficient (Wildman–Crippen LogP) is 3.74. The van der Waals surface area contributed by atoms with Crippen molar-refractivity contribution in [1.29, 1.82) is 0 Å². The van der Waals surface area contributed by atoms with Crippen LogP contribution in [0.2, 0.25) is 5.02 Å². The van der Waals surface area contributed by atoms with Crippen molar-refractivity contribution in [1.82, 2.24) is 5.32 Å². The number of aryl methyl sites for hydroxylation is 1. The lowest BCUT2D eigenvalue weighted by Crippen LogP contribution is -2.33. The Morgan fingerprint density at radius 1 is 1.18 bits per heavy atom. The standard InChI is InChI=1S/C18H22ClNO2/c1-13-10-17(8-9-18(13)19)22-12-16(21)11-20-14(2)15-6-4-3-5-7-15/h3-10,14,16,20-21H,11-12H2,1-2H3/t14-,16+/m0/s1. The summed E-state index contributed by atoms with van der Waals surface area (Å²) in [6, 6.07) is 15.8. The number of aliphatic hydroxyl groups is 1. The van der Waals surface area contributed by atoms with Gasteiger partial charge in [0.25, 0.3) is 0 Å². The van der Waals surface area contributed by atoms with Gasteiger partial charge in [0.15, 0.2) is 0 Å². The van der Waals surface area contributed by atoms with E-state index in [9.17, 15) is 5.11 Å². The topological polar surface area (TPSA) is 41.5 Å². The van der Waals surface area contributed by atoms with E-state index in [1.807, 2.05) is 37.3 Å². The van der Waals surface area contributed by atoms with Gasteiger partial charge in [0.05, 0.1) is 0 Å². The highest BCUT2D eigenvalue weighted by Gasteiger charge is 2.09. The quantitative estimate of drug-likeness (QED) is 0.817. The van der Waals surface area contributed by atoms with Crippen LogP contribution in [0.3, 0.4) is 0 Å². The minimum absolute atomic E-state index is 0.189. The van der Waals surface area contributed by atoms with Crippen LogP contribution in [-0.2, 0) is 0 Å². The van der Waals surface area contributed by atoms with Crippen molar-refractivity contribution >= 4 is 11.6 Å². The molecule has 0 aliphatic rings. The van der Waals surface area contributed by atoms with Crippen LogP contribution in [0.15, 0.2) is 48.5 Å². The fraction of sp³-hybridized carbons (Fsp3) is 0.333. The van der Waals surface area contributed by atoms with E-state index in [1.165, 1.54) is 5.56 Å². The highest BCUT2D eigenvalue weighted by atomic mass is 35.5. The number of halogens is 1. The highest BCUT2D eigenvalue weighted by molar-refractivity contribution is 6.31. The molecule has 22 heavy (non-hydrogen) atoms. The Labute approximate surface area is 136 Å². The Kier molecular flexibility index (Phi) is 6.25. The number of nitrogens with one attached hydrogen (secondary N) is 1. The number of aliphatic hydroxyl groups excluding tert-OH is 1. The number of ether oxygens (including phenoxy) is 1. The van der Waals surface area contributed by atoms with E-state index >= 15 is 0 Å². The Morgan fingerprint density at radius 2 is 1.91 bits per heavy atom. The summed E-state index contributed by atoms with van der Waals surface area (Å²) in [5.41, 5.74) is 2.16. The molecule has 0 aliphatic carbocycles. The van der Waals surface area contributed by atoms with E-state index in [1.54, 1.807) is 6.07 Å². The molecule has 0 bridgehead atoms. The second-order valence-corrected chi connectivity index (χ2v) is 5.82. The van der Waals surface area contributed by atoms with Crippen molar-refractivity contribution < 1.29 is 9.84 Å². The van der Waals surface area contributed by atoms with E-state index in [4.69, 9.17) is 16.3 Å². The first-order valence-electron chi connectivity index (χ1n) is 7.41. The molecule has 0 heterocycles. The molecule has 0 fully saturated rings. The summed E-state index contributed by atoms with van der Waals surface area (Å²) in [7, 11) is 0. The first kappa shape index (κ1) is 16.8. The molecule has 2 rings (SSSR count). The summed E-state index contributed by atoms with van der Waals surface area (Å²) in [6.45, 7) is 4.72. The smallest absolute Gasteiger partial charge is 0.119 e. The SMILES string of the molecule is Cc1cc(OC[C@H](O)CN[C@@H](C)c2ccccc2)ccc1Cl. The molecular formula is C18H22ClNO2. The molecule has 0 radical (unpaired) electrons. The Morgan fingerprint density at radius 3 is 2.59 bits per heavy atom. The van der Waals surface area contributed by atoms with Crippen molar-refractivity contribution in [2.75, 3.05) is 13.2 Å². The summed E-state index contributed by atoms with van der Waals surface area (Å²) in [6.07, 6.45) is -0.567. The van der Waals surface area contributed by atoms with E-state index in [-0.39, 0.29) is 12.6 Å². The lowest BCUT2D eigenvalue weighted by molar-refractivity contribution is 0.104. The van der Waals surface area contributed by atoms with Gasteiger partial charge in [-0.3, -0.25) is 0 Å². The van der Waals surface area contributed by atoms with E-state index in [2.05, 4.69) is 24.4 Å². The highest BCUT2D eigenvalue weighted by Crippen LogP contribution is 2.21. The van der Waals surface area contributed by atoms with Crippen molar-refractivity contribution in [3.05, 3.63) is 64.7 Å². The van der Waals surface area contributed by atoms with Gasteiger partial charge in [-0.25, -0.2) is 0 Å². The van der Waals surface area contributed by atoms with Gasteiger partial charge in [-0.05, 0) is 43.2 Å². The third kappa shape index (κ3) is 5.02. The molecule has 0 aromatic heterocycles. The summed E-state index contributed by atoms with van der Waals surface area (Å²) >= 11 is 5.97. The molecule has 2 aromatic rings. The zero-order valence-electron chi connectivity index (χ0n) is 12.9. The van der Waals surface area contributed by atoms with Gasteiger partial charge in [-0.15, -0.1) is 0 Å². The summed E-state index contributed by atoms with van der Waals surface area (Å²) in [5.74, 6) is 0.719. The fourth-order valence-electron chi connectivity index (χ4n) is 2.13. The molecule has 2 aromatic carbocycles. The molecule has 2 atom stereocenters. The van der Waals surface area contributed by atoms with Crippen LogP contribution in [0, 0.1) is 6.92 Å². The zero-order valence-corrected chi connectivity index (χ0v) is 13.7. The van der Waals surface area contributed by atoms with Crippen LogP contribution < -0.4 is 10.1 Å². The molecule has 0 saturated heterocycles. The fourth-order valence-corrected chi connectivity index (χ4v) is 2.25. The van der Waals surface area contributed by atoms with Crippen LogP contribution in [-0.4, -0.2) is 24.4 Å². The van der Waals surface area contributed by atoms with Crippen LogP contribution in [0.4, 0.5) is 0 Å². The maximum atomic E-state index is 10.0. The molecule has 0 saturated carbocycles. The van der Waals surface area contributed by atoms with Crippen LogP contribution >= 0.6 is 11.6 Å². The van der Waals surface area contributed by atoms with Crippen molar-refractivity contribution in [3.8, 4) is 5.75 Å². The molecule has 0 unspecified atom stereocenters. The van der Waals surface area contributed by atoms with Gasteiger partial charge in [0.1, 0.15) is 18.5 Å². The molecule has 3 nitrogen and oxygen atoms in total. The van der Waals surface area contributed by atoms with Gasteiger partial charge in [-0.2, -0.15) is 0 Å². The van der Waals surface area contributed by atoms with Crippen LogP contribution in [0.5, 0.6) is 5.75 Å². The predicted molar refractivity (Wildman–Crippen MR) is 90.6 cm³/mol. The number of benzene rings is 2. The zero-order chi connectivity index (χ0) is 15.9. The molecule has 0 spiro atoms. The lowest BCUT2D eigenvalue weighted by Gasteiger charge is -2.18. The van der Waals surface area contributed by atoms with Crippen molar-refractivity contribution in [2.45, 2.75) is 26.0 Å².